The fourth-order valence-electron chi connectivity index (χ4n) is 4.82. The Morgan fingerprint density at radius 1 is 1.06 bits per heavy atom. The molecule has 2 N–H and O–H groups in total. The van der Waals surface area contributed by atoms with Gasteiger partial charge in [0.15, 0.2) is 5.54 Å². The van der Waals surface area contributed by atoms with Gasteiger partial charge >= 0.3 is 6.03 Å². The number of carbonyl (C=O) groups excluding carboxylic acids is 3. The molecule has 8 nitrogen and oxygen atoms in total. The van der Waals surface area contributed by atoms with Crippen LogP contribution in [0.2, 0.25) is 0 Å². The Kier molecular flexibility index (Phi) is 5.61. The number of para-hydroxylation sites is 1. The van der Waals surface area contributed by atoms with E-state index in [9.17, 15) is 14.4 Å². The van der Waals surface area contributed by atoms with Crippen LogP contribution in [0.15, 0.2) is 65.1 Å². The van der Waals surface area contributed by atoms with Gasteiger partial charge in [-0.05, 0) is 37.5 Å². The molecule has 2 saturated heterocycles. The van der Waals surface area contributed by atoms with E-state index in [1.165, 1.54) is 0 Å². The van der Waals surface area contributed by atoms with Crippen molar-refractivity contribution in [3.63, 3.8) is 0 Å². The molecule has 2 fully saturated rings. The second-order valence-corrected chi connectivity index (χ2v) is 9.13. The number of fused-ring (bicyclic) bond motifs is 1. The first-order valence-corrected chi connectivity index (χ1v) is 11.4. The van der Waals surface area contributed by atoms with Crippen molar-refractivity contribution in [1.82, 2.24) is 15.5 Å². The van der Waals surface area contributed by atoms with Crippen molar-refractivity contribution < 1.29 is 23.5 Å². The van der Waals surface area contributed by atoms with Gasteiger partial charge < -0.3 is 19.8 Å². The van der Waals surface area contributed by atoms with Crippen molar-refractivity contribution >= 4 is 28.8 Å². The molecule has 1 aromatic heterocycles. The van der Waals surface area contributed by atoms with Crippen molar-refractivity contribution in [2.24, 2.45) is 0 Å². The maximum atomic E-state index is 13.2. The number of nitrogens with zero attached hydrogens (tertiary/aromatic N) is 1. The van der Waals surface area contributed by atoms with Gasteiger partial charge in [-0.2, -0.15) is 0 Å². The Bertz CT molecular complexity index is 1200. The second kappa shape index (κ2) is 8.61. The molecule has 4 amide bonds. The highest BCUT2D eigenvalue weighted by atomic mass is 16.5. The Balaban J connectivity index is 1.29. The summed E-state index contributed by atoms with van der Waals surface area (Å²) in [5.74, 6) is -0.574. The van der Waals surface area contributed by atoms with Gasteiger partial charge in [0.25, 0.3) is 5.91 Å². The molecule has 0 bridgehead atoms. The van der Waals surface area contributed by atoms with E-state index >= 15 is 0 Å². The number of ether oxygens (including phenoxy) is 1. The maximum absolute atomic E-state index is 13.2. The average Bonchev–Trinajstić information content (AvgIpc) is 3.40. The molecule has 0 saturated carbocycles. The number of carbonyl (C=O) groups is 3. The molecule has 5 rings (SSSR count). The lowest BCUT2D eigenvalue weighted by Crippen LogP contribution is -2.48. The number of hydrogen-bond acceptors (Lipinski definition) is 5. The standard InChI is InChI=1S/C26H27N3O5/c1-25(21-15-18-7-5-6-10-20(18)34-21)23(31)29(24(32)28-25)16-22(30)27-17-26(11-13-33-14-12-26)19-8-3-2-4-9-19/h2-10,15H,11-14,16-17H2,1H3,(H,27,30)(H,28,32). The molecular formula is C26H27N3O5. The zero-order valence-electron chi connectivity index (χ0n) is 19.0. The zero-order valence-corrected chi connectivity index (χ0v) is 19.0. The lowest BCUT2D eigenvalue weighted by Gasteiger charge is -2.38. The van der Waals surface area contributed by atoms with Gasteiger partial charge in [-0.1, -0.05) is 48.5 Å². The summed E-state index contributed by atoms with van der Waals surface area (Å²) in [6.07, 6.45) is 1.56. The van der Waals surface area contributed by atoms with Gasteiger partial charge in [-0.3, -0.25) is 14.5 Å². The van der Waals surface area contributed by atoms with Gasteiger partial charge in [-0.15, -0.1) is 0 Å². The minimum absolute atomic E-state index is 0.241. The normalized spacial score (nSPS) is 22.1. The Hall–Kier alpha value is -3.65. The van der Waals surface area contributed by atoms with E-state index in [0.29, 0.717) is 31.1 Å². The summed E-state index contributed by atoms with van der Waals surface area (Å²) in [5.41, 5.74) is 0.156. The number of amides is 4. The summed E-state index contributed by atoms with van der Waals surface area (Å²) < 4.78 is 11.4. The van der Waals surface area contributed by atoms with Crippen molar-refractivity contribution in [3.8, 4) is 0 Å². The van der Waals surface area contributed by atoms with Crippen molar-refractivity contribution in [2.75, 3.05) is 26.3 Å². The maximum Gasteiger partial charge on any atom is 0.325 e. The topological polar surface area (TPSA) is 101 Å². The molecule has 176 valence electrons. The molecule has 2 aliphatic heterocycles. The van der Waals surface area contributed by atoms with Gasteiger partial charge in [-0.25, -0.2) is 4.79 Å². The van der Waals surface area contributed by atoms with Crippen LogP contribution < -0.4 is 10.6 Å². The van der Waals surface area contributed by atoms with E-state index in [1.807, 2.05) is 36.4 Å². The van der Waals surface area contributed by atoms with E-state index in [4.69, 9.17) is 9.15 Å². The minimum Gasteiger partial charge on any atom is -0.458 e. The molecule has 8 heteroatoms. The Morgan fingerprint density at radius 2 is 1.76 bits per heavy atom. The molecule has 0 radical (unpaired) electrons. The van der Waals surface area contributed by atoms with Crippen molar-refractivity contribution in [1.29, 1.82) is 0 Å². The minimum atomic E-state index is -1.37. The zero-order chi connectivity index (χ0) is 23.8. The quantitative estimate of drug-likeness (QED) is 0.550. The SMILES string of the molecule is CC1(c2cc3ccccc3o2)NC(=O)N(CC(=O)NCC2(c3ccccc3)CCOCC2)C1=O. The number of furan rings is 1. The van der Waals surface area contributed by atoms with Crippen LogP contribution in [0.3, 0.4) is 0 Å². The largest absolute Gasteiger partial charge is 0.458 e. The van der Waals surface area contributed by atoms with Crippen LogP contribution in [0.25, 0.3) is 11.0 Å². The van der Waals surface area contributed by atoms with Gasteiger partial charge in [0.05, 0.1) is 0 Å². The van der Waals surface area contributed by atoms with Crippen LogP contribution in [-0.4, -0.2) is 49.0 Å². The molecule has 3 aromatic rings. The predicted octanol–water partition coefficient (Wildman–Crippen LogP) is 3.06. The highest BCUT2D eigenvalue weighted by Crippen LogP contribution is 2.35. The fraction of sp³-hybridized carbons (Fsp3) is 0.346. The lowest BCUT2D eigenvalue weighted by atomic mass is 9.74. The number of hydrogen-bond donors (Lipinski definition) is 2. The van der Waals surface area contributed by atoms with Crippen LogP contribution in [-0.2, 0) is 25.3 Å². The lowest BCUT2D eigenvalue weighted by molar-refractivity contribution is -0.135. The molecule has 2 aliphatic rings. The Morgan fingerprint density at radius 3 is 2.50 bits per heavy atom. The van der Waals surface area contributed by atoms with Crippen molar-refractivity contribution in [3.05, 3.63) is 72.0 Å². The summed E-state index contributed by atoms with van der Waals surface area (Å²) >= 11 is 0. The fourth-order valence-corrected chi connectivity index (χ4v) is 4.82. The predicted molar refractivity (Wildman–Crippen MR) is 125 cm³/mol. The summed E-state index contributed by atoms with van der Waals surface area (Å²) in [4.78, 5) is 39.7. The molecule has 1 unspecified atom stereocenters. The summed E-state index contributed by atoms with van der Waals surface area (Å²) in [5, 5.41) is 6.49. The first kappa shape index (κ1) is 22.2. The van der Waals surface area contributed by atoms with E-state index in [2.05, 4.69) is 22.8 Å². The van der Waals surface area contributed by atoms with Crippen LogP contribution >= 0.6 is 0 Å². The number of nitrogens with one attached hydrogen (secondary N) is 2. The highest BCUT2D eigenvalue weighted by molar-refractivity contribution is 6.09. The van der Waals surface area contributed by atoms with E-state index < -0.39 is 17.5 Å². The summed E-state index contributed by atoms with van der Waals surface area (Å²) in [6, 6.07) is 18.6. The number of benzene rings is 2. The van der Waals surface area contributed by atoms with E-state index in [-0.39, 0.29) is 17.9 Å². The third-order valence-corrected chi connectivity index (χ3v) is 6.96. The van der Waals surface area contributed by atoms with Crippen LogP contribution in [0.4, 0.5) is 4.79 Å². The van der Waals surface area contributed by atoms with Gasteiger partial charge in [0, 0.05) is 30.6 Å². The van der Waals surface area contributed by atoms with Crippen LogP contribution in [0, 0.1) is 0 Å². The van der Waals surface area contributed by atoms with Crippen LogP contribution in [0.5, 0.6) is 0 Å². The molecule has 1 atom stereocenters. The van der Waals surface area contributed by atoms with Crippen LogP contribution in [0.1, 0.15) is 31.1 Å². The molecule has 0 aliphatic carbocycles. The third-order valence-electron chi connectivity index (χ3n) is 6.96. The molecule has 2 aromatic carbocycles. The number of urea groups is 1. The first-order chi connectivity index (χ1) is 16.4. The summed E-state index contributed by atoms with van der Waals surface area (Å²) in [7, 11) is 0. The first-order valence-electron chi connectivity index (χ1n) is 11.4. The Labute approximate surface area is 197 Å². The summed E-state index contributed by atoms with van der Waals surface area (Å²) in [6.45, 7) is 2.88. The average molecular weight is 462 g/mol. The molecule has 0 spiro atoms. The number of imide groups is 1. The van der Waals surface area contributed by atoms with Gasteiger partial charge in [0.2, 0.25) is 5.91 Å². The van der Waals surface area contributed by atoms with E-state index in [0.717, 1.165) is 28.7 Å². The monoisotopic (exact) mass is 461 g/mol. The molecular weight excluding hydrogens is 434 g/mol. The molecule has 3 heterocycles. The smallest absolute Gasteiger partial charge is 0.325 e. The van der Waals surface area contributed by atoms with Crippen molar-refractivity contribution in [2.45, 2.75) is 30.7 Å². The molecule has 34 heavy (non-hydrogen) atoms. The number of rotatable bonds is 6. The van der Waals surface area contributed by atoms with E-state index in [1.54, 1.807) is 19.1 Å². The third kappa shape index (κ3) is 3.84. The van der Waals surface area contributed by atoms with Gasteiger partial charge in [0.1, 0.15) is 17.9 Å². The second-order valence-electron chi connectivity index (χ2n) is 9.13. The highest BCUT2D eigenvalue weighted by Gasteiger charge is 2.51.